The third kappa shape index (κ3) is 10.9. The third-order valence-corrected chi connectivity index (χ3v) is 7.03. The molecule has 0 spiro atoms. The second-order valence-corrected chi connectivity index (χ2v) is 12.5. The number of carbonyl (C=O) groups excluding carboxylic acids is 4. The lowest BCUT2D eigenvalue weighted by Gasteiger charge is -2.39. The van der Waals surface area contributed by atoms with Crippen molar-refractivity contribution in [1.29, 1.82) is 0 Å². The highest BCUT2D eigenvalue weighted by Gasteiger charge is 2.39. The van der Waals surface area contributed by atoms with Crippen LogP contribution in [0.1, 0.15) is 90.0 Å². The molecule has 0 fully saturated rings. The largest absolute Gasteiger partial charge is 0.508 e. The summed E-state index contributed by atoms with van der Waals surface area (Å²) in [5, 5.41) is 15.9. The maximum absolute atomic E-state index is 14.5. The van der Waals surface area contributed by atoms with Crippen LogP contribution in [0.15, 0.2) is 42.5 Å². The molecular weight excluding hydrogens is 548 g/mol. The first-order chi connectivity index (χ1) is 20.0. The topological polar surface area (TPSA) is 151 Å². The molecule has 10 heteroatoms. The van der Waals surface area contributed by atoms with Gasteiger partial charge in [-0.05, 0) is 102 Å². The molecule has 43 heavy (non-hydrogen) atoms. The van der Waals surface area contributed by atoms with Crippen LogP contribution in [0, 0.1) is 19.8 Å². The highest BCUT2D eigenvalue weighted by atomic mass is 16.6. The van der Waals surface area contributed by atoms with E-state index in [0.29, 0.717) is 29.2 Å². The van der Waals surface area contributed by atoms with Crippen LogP contribution in [0.3, 0.4) is 0 Å². The molecule has 0 aliphatic rings. The Morgan fingerprint density at radius 1 is 0.953 bits per heavy atom. The minimum atomic E-state index is -1.20. The molecule has 4 amide bonds. The van der Waals surface area contributed by atoms with Crippen molar-refractivity contribution in [2.45, 2.75) is 105 Å². The maximum atomic E-state index is 14.5. The van der Waals surface area contributed by atoms with Crippen LogP contribution in [0.5, 0.6) is 5.75 Å². The summed E-state index contributed by atoms with van der Waals surface area (Å²) >= 11 is 0. The fourth-order valence-corrected chi connectivity index (χ4v) is 4.69. The van der Waals surface area contributed by atoms with Crippen molar-refractivity contribution in [2.24, 2.45) is 11.7 Å². The summed E-state index contributed by atoms with van der Waals surface area (Å²) in [6, 6.07) is 9.31. The Labute approximate surface area is 255 Å². The van der Waals surface area contributed by atoms with E-state index in [0.717, 1.165) is 12.0 Å². The van der Waals surface area contributed by atoms with Gasteiger partial charge in [-0.1, -0.05) is 38.1 Å². The van der Waals surface area contributed by atoms with E-state index in [4.69, 9.17) is 10.5 Å². The lowest BCUT2D eigenvalue weighted by Crippen LogP contribution is -2.55. The fraction of sp³-hybridized carbons (Fsp3) is 0.515. The van der Waals surface area contributed by atoms with Gasteiger partial charge in [0.15, 0.2) is 0 Å². The van der Waals surface area contributed by atoms with Gasteiger partial charge in [0.2, 0.25) is 11.8 Å². The fourth-order valence-electron chi connectivity index (χ4n) is 4.69. The van der Waals surface area contributed by atoms with Crippen molar-refractivity contribution in [1.82, 2.24) is 10.2 Å². The SMILES string of the molecule is Cc1cc(C(C(=O)Nc2ccccc2C)N(C(=O)C(CCC(N)=O)NC(=O)OC(C)(C)C)C(C)CCC(C)C)ccc1O. The first-order valence-corrected chi connectivity index (χ1v) is 14.8. The van der Waals surface area contributed by atoms with Crippen molar-refractivity contribution in [2.75, 3.05) is 5.32 Å². The number of hydrogen-bond acceptors (Lipinski definition) is 6. The summed E-state index contributed by atoms with van der Waals surface area (Å²) in [5.41, 5.74) is 7.04. The number of phenolic OH excluding ortho intramolecular Hbond substituents is 1. The lowest BCUT2D eigenvalue weighted by atomic mass is 9.95. The number of phenols is 1. The molecule has 0 saturated carbocycles. The van der Waals surface area contributed by atoms with E-state index in [9.17, 15) is 24.3 Å². The van der Waals surface area contributed by atoms with Crippen molar-refractivity contribution >= 4 is 29.5 Å². The van der Waals surface area contributed by atoms with Crippen molar-refractivity contribution < 1.29 is 29.0 Å². The average molecular weight is 597 g/mol. The van der Waals surface area contributed by atoms with Gasteiger partial charge in [-0.3, -0.25) is 14.4 Å². The predicted molar refractivity (Wildman–Crippen MR) is 167 cm³/mol. The molecule has 2 aromatic rings. The molecule has 236 valence electrons. The predicted octanol–water partition coefficient (Wildman–Crippen LogP) is 5.50. The number of benzene rings is 2. The van der Waals surface area contributed by atoms with Gasteiger partial charge in [-0.15, -0.1) is 0 Å². The summed E-state index contributed by atoms with van der Waals surface area (Å²) in [5.74, 6) is -1.26. The molecule has 0 saturated heterocycles. The van der Waals surface area contributed by atoms with Gasteiger partial charge in [-0.25, -0.2) is 4.79 Å². The molecule has 0 heterocycles. The molecule has 0 aliphatic carbocycles. The molecule has 0 radical (unpaired) electrons. The van der Waals surface area contributed by atoms with Gasteiger partial charge in [-0.2, -0.15) is 0 Å². The Morgan fingerprint density at radius 3 is 2.16 bits per heavy atom. The van der Waals surface area contributed by atoms with Crippen LogP contribution < -0.4 is 16.4 Å². The quantitative estimate of drug-likeness (QED) is 0.240. The standard InChI is InChI=1S/C33H48N4O6/c1-20(2)13-14-23(5)37(31(41)26(16-18-28(34)39)36-32(42)43-33(6,7)8)29(24-15-17-27(38)22(4)19-24)30(40)35-25-12-10-9-11-21(25)3/h9-12,15,17,19-20,23,26,29,38H,13-14,16,18H2,1-8H3,(H2,34,39)(H,35,40)(H,36,42). The molecular formula is C33H48N4O6. The Bertz CT molecular complexity index is 1290. The minimum absolute atomic E-state index is 0.0541. The van der Waals surface area contributed by atoms with Gasteiger partial charge >= 0.3 is 6.09 Å². The molecule has 3 atom stereocenters. The first-order valence-electron chi connectivity index (χ1n) is 14.8. The highest BCUT2D eigenvalue weighted by Crippen LogP contribution is 2.32. The summed E-state index contributed by atoms with van der Waals surface area (Å²) in [6.45, 7) is 14.7. The van der Waals surface area contributed by atoms with Crippen molar-refractivity contribution in [3.63, 3.8) is 0 Å². The maximum Gasteiger partial charge on any atom is 0.408 e. The van der Waals surface area contributed by atoms with Gasteiger partial charge in [0.05, 0.1) is 0 Å². The van der Waals surface area contributed by atoms with Crippen LogP contribution in [0.2, 0.25) is 0 Å². The van der Waals surface area contributed by atoms with Crippen LogP contribution in [0.4, 0.5) is 10.5 Å². The molecule has 2 rings (SSSR count). The van der Waals surface area contributed by atoms with Crippen LogP contribution in [-0.4, -0.2) is 51.5 Å². The number of ether oxygens (including phenoxy) is 1. The molecule has 5 N–H and O–H groups in total. The summed E-state index contributed by atoms with van der Waals surface area (Å²) in [6.07, 6.45) is 0.271. The van der Waals surface area contributed by atoms with Crippen LogP contribution >= 0.6 is 0 Å². The van der Waals surface area contributed by atoms with E-state index in [1.165, 1.54) is 11.0 Å². The molecule has 10 nitrogen and oxygen atoms in total. The lowest BCUT2D eigenvalue weighted by molar-refractivity contribution is -0.143. The smallest absolute Gasteiger partial charge is 0.408 e. The number of anilines is 1. The van der Waals surface area contributed by atoms with Crippen molar-refractivity contribution in [3.8, 4) is 5.75 Å². The van der Waals surface area contributed by atoms with E-state index >= 15 is 0 Å². The zero-order valence-electron chi connectivity index (χ0n) is 26.7. The number of aromatic hydroxyl groups is 1. The second kappa shape index (κ2) is 15.4. The minimum Gasteiger partial charge on any atom is -0.508 e. The van der Waals surface area contributed by atoms with E-state index in [-0.39, 0.29) is 18.6 Å². The van der Waals surface area contributed by atoms with Crippen molar-refractivity contribution in [3.05, 3.63) is 59.2 Å². The monoisotopic (exact) mass is 596 g/mol. The number of nitrogens with one attached hydrogen (secondary N) is 2. The van der Waals surface area contributed by atoms with E-state index in [1.807, 2.05) is 26.0 Å². The molecule has 0 aromatic heterocycles. The number of nitrogens with zero attached hydrogens (tertiary/aromatic N) is 1. The second-order valence-electron chi connectivity index (χ2n) is 12.5. The van der Waals surface area contributed by atoms with E-state index in [2.05, 4.69) is 24.5 Å². The number of nitrogens with two attached hydrogens (primary N) is 1. The Morgan fingerprint density at radius 2 is 1.60 bits per heavy atom. The first kappa shape index (κ1) is 35.1. The van der Waals surface area contributed by atoms with E-state index < -0.39 is 47.5 Å². The number of carbonyl (C=O) groups is 4. The molecule has 0 bridgehead atoms. The molecule has 3 unspecified atom stereocenters. The number of hydrogen-bond donors (Lipinski definition) is 4. The third-order valence-electron chi connectivity index (χ3n) is 7.03. The number of rotatable bonds is 13. The Balaban J connectivity index is 2.69. The highest BCUT2D eigenvalue weighted by molar-refractivity contribution is 5.99. The molecule has 0 aliphatic heterocycles. The average Bonchev–Trinajstić information content (AvgIpc) is 2.89. The number of aryl methyl sites for hydroxylation is 2. The number of amides is 4. The number of alkyl carbamates (subject to hydrolysis) is 1. The van der Waals surface area contributed by atoms with E-state index in [1.54, 1.807) is 52.0 Å². The van der Waals surface area contributed by atoms with Crippen LogP contribution in [0.25, 0.3) is 0 Å². The number of primary amides is 1. The van der Waals surface area contributed by atoms with Gasteiger partial charge in [0.1, 0.15) is 23.4 Å². The van der Waals surface area contributed by atoms with Gasteiger partial charge in [0, 0.05) is 18.2 Å². The number of para-hydroxylation sites is 1. The normalized spacial score (nSPS) is 13.5. The van der Waals surface area contributed by atoms with Crippen LogP contribution in [-0.2, 0) is 19.1 Å². The van der Waals surface area contributed by atoms with Gasteiger partial charge < -0.3 is 31.1 Å². The zero-order chi connectivity index (χ0) is 32.5. The summed E-state index contributed by atoms with van der Waals surface area (Å²) in [7, 11) is 0. The summed E-state index contributed by atoms with van der Waals surface area (Å²) in [4.78, 5) is 54.8. The molecule has 2 aromatic carbocycles. The Hall–Kier alpha value is -4.08. The van der Waals surface area contributed by atoms with Gasteiger partial charge in [0.25, 0.3) is 5.91 Å². The Kier molecular flexibility index (Phi) is 12.6. The summed E-state index contributed by atoms with van der Waals surface area (Å²) < 4.78 is 5.41. The zero-order valence-corrected chi connectivity index (χ0v) is 26.7.